The van der Waals surface area contributed by atoms with E-state index in [0.717, 1.165) is 24.3 Å². The van der Waals surface area contributed by atoms with Crippen molar-refractivity contribution in [2.45, 2.75) is 25.4 Å². The number of hydrogen-bond acceptors (Lipinski definition) is 5. The minimum atomic E-state index is -0.277. The topological polar surface area (TPSA) is 87.5 Å². The van der Waals surface area contributed by atoms with E-state index in [1.165, 1.54) is 11.3 Å². The number of likely N-dealkylation sites (tertiary alicyclic amines) is 1. The predicted octanol–water partition coefficient (Wildman–Crippen LogP) is 0.0620. The highest BCUT2D eigenvalue weighted by atomic mass is 32.1. The molecular weight excluding hydrogens is 264 g/mol. The Morgan fingerprint density at radius 1 is 1.53 bits per heavy atom. The number of carbonyl (C=O) groups is 2. The molecule has 1 saturated heterocycles. The van der Waals surface area contributed by atoms with Crippen LogP contribution in [0.25, 0.3) is 0 Å². The van der Waals surface area contributed by atoms with Crippen LogP contribution in [0.2, 0.25) is 0 Å². The van der Waals surface area contributed by atoms with Crippen molar-refractivity contribution in [3.8, 4) is 0 Å². The van der Waals surface area contributed by atoms with Gasteiger partial charge in [-0.25, -0.2) is 5.84 Å². The lowest BCUT2D eigenvalue weighted by Gasteiger charge is -2.22. The fraction of sp³-hybridized carbons (Fsp3) is 0.500. The Labute approximate surface area is 115 Å². The third kappa shape index (κ3) is 3.12. The van der Waals surface area contributed by atoms with Crippen molar-refractivity contribution in [1.82, 2.24) is 15.6 Å². The van der Waals surface area contributed by atoms with Gasteiger partial charge >= 0.3 is 0 Å². The molecule has 1 unspecified atom stereocenters. The lowest BCUT2D eigenvalue weighted by atomic mass is 10.2. The standard InChI is InChI=1S/C12H18N4O2S/c1-14-11(17)9-3-2-6-16(9)7-8-4-5-10(19-8)12(18)15-13/h4-5,9H,2-3,6-7,13H2,1H3,(H,14,17)(H,15,18). The molecule has 0 aliphatic carbocycles. The highest BCUT2D eigenvalue weighted by molar-refractivity contribution is 7.14. The molecule has 7 heteroatoms. The van der Waals surface area contributed by atoms with Crippen molar-refractivity contribution >= 4 is 23.2 Å². The lowest BCUT2D eigenvalue weighted by molar-refractivity contribution is -0.125. The third-order valence-electron chi connectivity index (χ3n) is 3.29. The van der Waals surface area contributed by atoms with E-state index in [0.29, 0.717) is 11.4 Å². The molecule has 0 aromatic carbocycles. The average Bonchev–Trinajstić information content (AvgIpc) is 3.06. The van der Waals surface area contributed by atoms with E-state index in [1.807, 2.05) is 6.07 Å². The van der Waals surface area contributed by atoms with Crippen LogP contribution in [0.5, 0.6) is 0 Å². The first kappa shape index (κ1) is 14.0. The molecule has 104 valence electrons. The predicted molar refractivity (Wildman–Crippen MR) is 73.5 cm³/mol. The minimum Gasteiger partial charge on any atom is -0.358 e. The van der Waals surface area contributed by atoms with Crippen LogP contribution in [0.15, 0.2) is 12.1 Å². The molecule has 2 amide bonds. The molecule has 2 rings (SSSR count). The Balaban J connectivity index is 2.02. The van der Waals surface area contributed by atoms with Crippen LogP contribution in [0.1, 0.15) is 27.4 Å². The summed E-state index contributed by atoms with van der Waals surface area (Å²) < 4.78 is 0. The van der Waals surface area contributed by atoms with E-state index in [2.05, 4.69) is 15.6 Å². The summed E-state index contributed by atoms with van der Waals surface area (Å²) in [5, 5.41) is 2.70. The molecule has 0 spiro atoms. The van der Waals surface area contributed by atoms with Gasteiger partial charge in [0.25, 0.3) is 5.91 Å². The smallest absolute Gasteiger partial charge is 0.275 e. The SMILES string of the molecule is CNC(=O)C1CCCN1Cc1ccc(C(=O)NN)s1. The molecule has 1 atom stereocenters. The number of likely N-dealkylation sites (N-methyl/N-ethyl adjacent to an activating group) is 1. The number of carbonyl (C=O) groups excluding carboxylic acids is 2. The second kappa shape index (κ2) is 6.14. The molecule has 0 bridgehead atoms. The number of nitrogens with two attached hydrogens (primary N) is 1. The summed E-state index contributed by atoms with van der Waals surface area (Å²) in [5.41, 5.74) is 2.12. The molecule has 0 radical (unpaired) electrons. The van der Waals surface area contributed by atoms with Crippen LogP contribution in [0, 0.1) is 0 Å². The molecule has 1 aliphatic rings. The van der Waals surface area contributed by atoms with Gasteiger partial charge in [-0.3, -0.25) is 19.9 Å². The van der Waals surface area contributed by atoms with Gasteiger partial charge in [-0.05, 0) is 31.5 Å². The first-order chi connectivity index (χ1) is 9.15. The van der Waals surface area contributed by atoms with Crippen LogP contribution in [0.3, 0.4) is 0 Å². The molecule has 1 aliphatic heterocycles. The van der Waals surface area contributed by atoms with Gasteiger partial charge in [0.1, 0.15) is 0 Å². The van der Waals surface area contributed by atoms with E-state index in [-0.39, 0.29) is 17.9 Å². The van der Waals surface area contributed by atoms with Gasteiger partial charge in [0.2, 0.25) is 5.91 Å². The fourth-order valence-corrected chi connectivity index (χ4v) is 3.27. The first-order valence-corrected chi connectivity index (χ1v) is 7.02. The van der Waals surface area contributed by atoms with Gasteiger partial charge in [-0.2, -0.15) is 0 Å². The number of rotatable bonds is 4. The molecule has 0 saturated carbocycles. The van der Waals surface area contributed by atoms with Gasteiger partial charge in [0.15, 0.2) is 0 Å². The zero-order valence-electron chi connectivity index (χ0n) is 10.8. The number of thiophene rings is 1. The summed E-state index contributed by atoms with van der Waals surface area (Å²) in [7, 11) is 1.66. The van der Waals surface area contributed by atoms with Crippen LogP contribution >= 0.6 is 11.3 Å². The van der Waals surface area contributed by atoms with E-state index >= 15 is 0 Å². The molecule has 1 aromatic heterocycles. The maximum absolute atomic E-state index is 11.7. The second-order valence-electron chi connectivity index (χ2n) is 4.48. The Morgan fingerprint density at radius 2 is 2.32 bits per heavy atom. The third-order valence-corrected chi connectivity index (χ3v) is 4.36. The van der Waals surface area contributed by atoms with E-state index < -0.39 is 0 Å². The monoisotopic (exact) mass is 282 g/mol. The van der Waals surface area contributed by atoms with Crippen molar-refractivity contribution in [2.75, 3.05) is 13.6 Å². The number of nitrogens with zero attached hydrogens (tertiary/aromatic N) is 1. The second-order valence-corrected chi connectivity index (χ2v) is 5.65. The Hall–Kier alpha value is -1.44. The normalized spacial score (nSPS) is 19.4. The number of nitrogens with one attached hydrogen (secondary N) is 2. The maximum atomic E-state index is 11.7. The summed E-state index contributed by atoms with van der Waals surface area (Å²) in [6, 6.07) is 3.61. The number of hydrazine groups is 1. The van der Waals surface area contributed by atoms with Crippen molar-refractivity contribution in [2.24, 2.45) is 5.84 Å². The molecular formula is C12H18N4O2S. The lowest BCUT2D eigenvalue weighted by Crippen LogP contribution is -2.41. The van der Waals surface area contributed by atoms with Crippen molar-refractivity contribution in [1.29, 1.82) is 0 Å². The highest BCUT2D eigenvalue weighted by Crippen LogP contribution is 2.24. The maximum Gasteiger partial charge on any atom is 0.275 e. The zero-order chi connectivity index (χ0) is 13.8. The Kier molecular flexibility index (Phi) is 4.52. The molecule has 19 heavy (non-hydrogen) atoms. The fourth-order valence-electron chi connectivity index (χ4n) is 2.34. The Morgan fingerprint density at radius 3 is 3.00 bits per heavy atom. The van der Waals surface area contributed by atoms with Gasteiger partial charge in [-0.1, -0.05) is 0 Å². The van der Waals surface area contributed by atoms with Gasteiger partial charge in [0, 0.05) is 18.5 Å². The average molecular weight is 282 g/mol. The van der Waals surface area contributed by atoms with Crippen LogP contribution in [-0.4, -0.2) is 36.3 Å². The van der Waals surface area contributed by atoms with E-state index in [1.54, 1.807) is 13.1 Å². The van der Waals surface area contributed by atoms with Crippen molar-refractivity contribution in [3.05, 3.63) is 21.9 Å². The number of nitrogen functional groups attached to an aromatic ring is 1. The molecule has 6 nitrogen and oxygen atoms in total. The van der Waals surface area contributed by atoms with Crippen LogP contribution in [0.4, 0.5) is 0 Å². The minimum absolute atomic E-state index is 0.0566. The van der Waals surface area contributed by atoms with Gasteiger partial charge in [-0.15, -0.1) is 11.3 Å². The number of hydrogen-bond donors (Lipinski definition) is 3. The van der Waals surface area contributed by atoms with E-state index in [4.69, 9.17) is 5.84 Å². The molecule has 2 heterocycles. The van der Waals surface area contributed by atoms with Gasteiger partial charge < -0.3 is 5.32 Å². The largest absolute Gasteiger partial charge is 0.358 e. The summed E-state index contributed by atoms with van der Waals surface area (Å²) in [4.78, 5) is 26.9. The first-order valence-electron chi connectivity index (χ1n) is 6.21. The van der Waals surface area contributed by atoms with Gasteiger partial charge in [0.05, 0.1) is 10.9 Å². The summed E-state index contributed by atoms with van der Waals surface area (Å²) in [6.07, 6.45) is 1.92. The zero-order valence-corrected chi connectivity index (χ0v) is 11.6. The van der Waals surface area contributed by atoms with Crippen molar-refractivity contribution in [3.63, 3.8) is 0 Å². The summed E-state index contributed by atoms with van der Waals surface area (Å²) >= 11 is 1.41. The highest BCUT2D eigenvalue weighted by Gasteiger charge is 2.30. The molecule has 4 N–H and O–H groups in total. The summed E-state index contributed by atoms with van der Waals surface area (Å²) in [6.45, 7) is 1.61. The Bertz CT molecular complexity index is 474. The van der Waals surface area contributed by atoms with Crippen LogP contribution in [-0.2, 0) is 11.3 Å². The van der Waals surface area contributed by atoms with Crippen molar-refractivity contribution < 1.29 is 9.59 Å². The molecule has 1 aromatic rings. The quantitative estimate of drug-likeness (QED) is 0.414. The van der Waals surface area contributed by atoms with E-state index in [9.17, 15) is 9.59 Å². The van der Waals surface area contributed by atoms with Crippen LogP contribution < -0.4 is 16.6 Å². The number of amides is 2. The summed E-state index contributed by atoms with van der Waals surface area (Å²) in [5.74, 6) is 4.89. The molecule has 1 fully saturated rings.